The lowest BCUT2D eigenvalue weighted by atomic mass is 10.1. The van der Waals surface area contributed by atoms with Gasteiger partial charge in [0.2, 0.25) is 5.91 Å². The summed E-state index contributed by atoms with van der Waals surface area (Å²) >= 11 is 0. The van der Waals surface area contributed by atoms with Crippen molar-refractivity contribution in [1.29, 1.82) is 0 Å². The highest BCUT2D eigenvalue weighted by molar-refractivity contribution is 5.75. The number of nitrogens with zero attached hydrogens (tertiary/aromatic N) is 5. The summed E-state index contributed by atoms with van der Waals surface area (Å²) in [4.78, 5) is 33.4. The number of rotatable bonds is 4. The first-order valence-corrected chi connectivity index (χ1v) is 8.21. The molecular weight excluding hydrogens is 322 g/mol. The van der Waals surface area contributed by atoms with Gasteiger partial charge in [-0.15, -0.1) is 0 Å². The molecule has 1 fully saturated rings. The van der Waals surface area contributed by atoms with Crippen LogP contribution in [-0.2, 0) is 11.3 Å². The van der Waals surface area contributed by atoms with Crippen LogP contribution in [0.3, 0.4) is 0 Å². The molecule has 0 spiro atoms. The van der Waals surface area contributed by atoms with Gasteiger partial charge in [0.25, 0.3) is 0 Å². The second-order valence-electron chi connectivity index (χ2n) is 6.01. The van der Waals surface area contributed by atoms with Crippen LogP contribution in [0.4, 0.5) is 4.79 Å². The molecule has 2 N–H and O–H groups in total. The molecule has 2 aromatic rings. The highest BCUT2D eigenvalue weighted by Gasteiger charge is 2.23. The first-order valence-electron chi connectivity index (χ1n) is 8.21. The van der Waals surface area contributed by atoms with E-state index in [1.807, 2.05) is 12.1 Å². The molecule has 3 rings (SSSR count). The molecule has 3 heterocycles. The van der Waals surface area contributed by atoms with Crippen LogP contribution in [0.5, 0.6) is 0 Å². The van der Waals surface area contributed by atoms with Gasteiger partial charge in [-0.1, -0.05) is 6.07 Å². The monoisotopic (exact) mass is 343 g/mol. The normalized spacial score (nSPS) is 17.2. The number of likely N-dealkylation sites (tertiary alicyclic amines) is 1. The van der Waals surface area contributed by atoms with Crippen molar-refractivity contribution in [2.24, 2.45) is 0 Å². The molecule has 1 saturated heterocycles. The van der Waals surface area contributed by atoms with E-state index in [1.54, 1.807) is 22.1 Å². The quantitative estimate of drug-likeness (QED) is 0.840. The van der Waals surface area contributed by atoms with Crippen molar-refractivity contribution in [2.45, 2.75) is 32.4 Å². The van der Waals surface area contributed by atoms with Crippen molar-refractivity contribution < 1.29 is 9.59 Å². The Labute approximate surface area is 145 Å². The molecule has 0 aromatic carbocycles. The minimum atomic E-state index is -0.129. The average Bonchev–Trinajstić information content (AvgIpc) is 3.14. The SMILES string of the molecule is CC(=O)N[C@@H]1CCCN(C(=O)NCc2ccc(-n3cncn3)nc2)C1. The van der Waals surface area contributed by atoms with Crippen LogP contribution in [0.25, 0.3) is 5.82 Å². The molecule has 25 heavy (non-hydrogen) atoms. The summed E-state index contributed by atoms with van der Waals surface area (Å²) < 4.78 is 1.57. The third kappa shape index (κ3) is 4.52. The molecule has 132 valence electrons. The van der Waals surface area contributed by atoms with E-state index in [2.05, 4.69) is 25.7 Å². The Morgan fingerprint density at radius 2 is 2.24 bits per heavy atom. The maximum absolute atomic E-state index is 12.3. The smallest absolute Gasteiger partial charge is 0.317 e. The number of amides is 3. The van der Waals surface area contributed by atoms with Gasteiger partial charge in [0.1, 0.15) is 12.7 Å². The predicted octanol–water partition coefficient (Wildman–Crippen LogP) is 0.472. The largest absolute Gasteiger partial charge is 0.352 e. The molecule has 1 aliphatic heterocycles. The molecular formula is C16H21N7O2. The zero-order valence-electron chi connectivity index (χ0n) is 14.1. The van der Waals surface area contributed by atoms with Gasteiger partial charge >= 0.3 is 6.03 Å². The van der Waals surface area contributed by atoms with Crippen LogP contribution >= 0.6 is 0 Å². The fourth-order valence-electron chi connectivity index (χ4n) is 2.84. The van der Waals surface area contributed by atoms with Crippen LogP contribution in [0.1, 0.15) is 25.3 Å². The summed E-state index contributed by atoms with van der Waals surface area (Å²) in [6, 6.07) is 3.61. The summed E-state index contributed by atoms with van der Waals surface area (Å²) in [6.07, 6.45) is 6.51. The molecule has 9 nitrogen and oxygen atoms in total. The Morgan fingerprint density at radius 3 is 2.92 bits per heavy atom. The molecule has 9 heteroatoms. The first kappa shape index (κ1) is 16.9. The van der Waals surface area contributed by atoms with Crippen molar-refractivity contribution in [3.63, 3.8) is 0 Å². The lowest BCUT2D eigenvalue weighted by molar-refractivity contribution is -0.119. The summed E-state index contributed by atoms with van der Waals surface area (Å²) in [5.74, 6) is 0.604. The number of hydrogen-bond donors (Lipinski definition) is 2. The fraction of sp³-hybridized carbons (Fsp3) is 0.438. The van der Waals surface area contributed by atoms with E-state index in [0.717, 1.165) is 18.4 Å². The Kier molecular flexibility index (Phi) is 5.22. The molecule has 1 atom stereocenters. The molecule has 0 aliphatic carbocycles. The molecule has 0 radical (unpaired) electrons. The molecule has 3 amide bonds. The number of hydrogen-bond acceptors (Lipinski definition) is 5. The molecule has 0 saturated carbocycles. The maximum Gasteiger partial charge on any atom is 0.317 e. The standard InChI is InChI=1S/C16H21N7O2/c1-12(24)21-14-3-2-6-22(9-14)16(25)19-8-13-4-5-15(18-7-13)23-11-17-10-20-23/h4-5,7,10-11,14H,2-3,6,8-9H2,1H3,(H,19,25)(H,21,24)/t14-/m1/s1. The predicted molar refractivity (Wildman–Crippen MR) is 89.8 cm³/mol. The molecule has 0 bridgehead atoms. The highest BCUT2D eigenvalue weighted by atomic mass is 16.2. The van der Waals surface area contributed by atoms with E-state index in [-0.39, 0.29) is 18.0 Å². The minimum absolute atomic E-state index is 0.0284. The molecule has 1 aliphatic rings. The summed E-state index contributed by atoms with van der Waals surface area (Å²) in [5, 5.41) is 9.79. The lowest BCUT2D eigenvalue weighted by Gasteiger charge is -2.33. The van der Waals surface area contributed by atoms with Crippen molar-refractivity contribution in [1.82, 2.24) is 35.3 Å². The Balaban J connectivity index is 1.51. The van der Waals surface area contributed by atoms with E-state index in [0.29, 0.717) is 25.5 Å². The fourth-order valence-corrected chi connectivity index (χ4v) is 2.84. The van der Waals surface area contributed by atoms with Crippen LogP contribution in [0, 0.1) is 0 Å². The summed E-state index contributed by atoms with van der Waals surface area (Å²) in [5.41, 5.74) is 0.896. The third-order valence-corrected chi connectivity index (χ3v) is 4.02. The third-order valence-electron chi connectivity index (χ3n) is 4.02. The van der Waals surface area contributed by atoms with Crippen LogP contribution in [-0.4, -0.2) is 55.7 Å². The van der Waals surface area contributed by atoms with Crippen molar-refractivity contribution in [3.05, 3.63) is 36.5 Å². The number of urea groups is 1. The van der Waals surface area contributed by atoms with Gasteiger partial charge in [0, 0.05) is 38.8 Å². The number of aromatic nitrogens is 4. The van der Waals surface area contributed by atoms with Gasteiger partial charge in [-0.3, -0.25) is 4.79 Å². The topological polar surface area (TPSA) is 105 Å². The number of carbonyl (C=O) groups is 2. The molecule has 2 aromatic heterocycles. The van der Waals surface area contributed by atoms with Crippen molar-refractivity contribution in [2.75, 3.05) is 13.1 Å². The maximum atomic E-state index is 12.3. The number of carbonyl (C=O) groups excluding carboxylic acids is 2. The van der Waals surface area contributed by atoms with Crippen LogP contribution in [0.15, 0.2) is 31.0 Å². The second-order valence-corrected chi connectivity index (χ2v) is 6.01. The minimum Gasteiger partial charge on any atom is -0.352 e. The Bertz CT molecular complexity index is 715. The Morgan fingerprint density at radius 1 is 1.36 bits per heavy atom. The van der Waals surface area contributed by atoms with Gasteiger partial charge in [0.15, 0.2) is 5.82 Å². The average molecular weight is 343 g/mol. The van der Waals surface area contributed by atoms with Crippen LogP contribution < -0.4 is 10.6 Å². The number of nitrogens with one attached hydrogen (secondary N) is 2. The van der Waals surface area contributed by atoms with Gasteiger partial charge in [-0.05, 0) is 24.5 Å². The van der Waals surface area contributed by atoms with E-state index in [1.165, 1.54) is 13.3 Å². The van der Waals surface area contributed by atoms with Gasteiger partial charge in [0.05, 0.1) is 0 Å². The molecule has 0 unspecified atom stereocenters. The van der Waals surface area contributed by atoms with E-state index >= 15 is 0 Å². The summed E-state index contributed by atoms with van der Waals surface area (Å²) in [7, 11) is 0. The van der Waals surface area contributed by atoms with Crippen LogP contribution in [0.2, 0.25) is 0 Å². The second kappa shape index (κ2) is 7.73. The zero-order chi connectivity index (χ0) is 17.6. The number of piperidine rings is 1. The number of pyridine rings is 1. The summed E-state index contributed by atoms with van der Waals surface area (Å²) in [6.45, 7) is 3.13. The van der Waals surface area contributed by atoms with E-state index < -0.39 is 0 Å². The van der Waals surface area contributed by atoms with Gasteiger partial charge in [-0.2, -0.15) is 5.10 Å². The Hall–Kier alpha value is -2.97. The highest BCUT2D eigenvalue weighted by Crippen LogP contribution is 2.10. The van der Waals surface area contributed by atoms with Crippen molar-refractivity contribution in [3.8, 4) is 5.82 Å². The lowest BCUT2D eigenvalue weighted by Crippen LogP contribution is -2.51. The van der Waals surface area contributed by atoms with Crippen molar-refractivity contribution >= 4 is 11.9 Å². The zero-order valence-corrected chi connectivity index (χ0v) is 14.1. The van der Waals surface area contributed by atoms with E-state index in [9.17, 15) is 9.59 Å². The van der Waals surface area contributed by atoms with Gasteiger partial charge in [-0.25, -0.2) is 19.4 Å². The van der Waals surface area contributed by atoms with E-state index in [4.69, 9.17) is 0 Å². The van der Waals surface area contributed by atoms with Gasteiger partial charge < -0.3 is 15.5 Å². The first-order chi connectivity index (χ1) is 12.1.